The zero-order valence-electron chi connectivity index (χ0n) is 13.1. The van der Waals surface area contributed by atoms with Crippen molar-refractivity contribution in [2.75, 3.05) is 13.2 Å². The van der Waals surface area contributed by atoms with Crippen LogP contribution < -0.4 is 0 Å². The largest absolute Gasteiger partial charge is 0.394 e. The van der Waals surface area contributed by atoms with Crippen molar-refractivity contribution in [1.29, 1.82) is 0 Å². The Labute approximate surface area is 116 Å². The molecule has 0 aromatic heterocycles. The van der Waals surface area contributed by atoms with Gasteiger partial charge in [-0.25, -0.2) is 0 Å². The second kappa shape index (κ2) is 12.2. The molecule has 110 valence electrons. The summed E-state index contributed by atoms with van der Waals surface area (Å²) in [6.45, 7) is 10.3. The minimum absolute atomic E-state index is 0.808. The Morgan fingerprint density at radius 2 is 1.17 bits per heavy atom. The summed E-state index contributed by atoms with van der Waals surface area (Å²) in [5, 5.41) is 0. The van der Waals surface area contributed by atoms with Gasteiger partial charge in [-0.1, -0.05) is 58.8 Å². The molecule has 0 aliphatic rings. The van der Waals surface area contributed by atoms with Crippen LogP contribution in [0.3, 0.4) is 0 Å². The van der Waals surface area contributed by atoms with Gasteiger partial charge in [-0.15, -0.1) is 0 Å². The SMILES string of the molecule is CCCCCCCC[Si](CCC)(OCC)OCC. The molecule has 3 heteroatoms. The van der Waals surface area contributed by atoms with Gasteiger partial charge in [0.15, 0.2) is 0 Å². The first kappa shape index (κ1) is 18.1. The number of unbranched alkanes of at least 4 members (excludes halogenated alkanes) is 5. The van der Waals surface area contributed by atoms with Crippen molar-refractivity contribution < 1.29 is 8.85 Å². The molecule has 0 atom stereocenters. The quantitative estimate of drug-likeness (QED) is 0.336. The molecule has 0 saturated heterocycles. The van der Waals surface area contributed by atoms with E-state index in [9.17, 15) is 0 Å². The molecule has 0 bridgehead atoms. The standard InChI is InChI=1S/C15H34O2Si/c1-5-9-10-11-12-13-15-18(14-6-2,16-7-3)17-8-4/h5-15H2,1-4H3. The Morgan fingerprint density at radius 3 is 1.67 bits per heavy atom. The molecule has 0 aliphatic heterocycles. The summed E-state index contributed by atoms with van der Waals surface area (Å²) in [7, 11) is -1.86. The van der Waals surface area contributed by atoms with E-state index in [1.165, 1.54) is 51.0 Å². The van der Waals surface area contributed by atoms with Crippen molar-refractivity contribution >= 4 is 8.56 Å². The fraction of sp³-hybridized carbons (Fsp3) is 1.00. The molecule has 0 aromatic rings. The molecule has 0 rings (SSSR count). The number of hydrogen-bond donors (Lipinski definition) is 0. The number of hydrogen-bond acceptors (Lipinski definition) is 2. The lowest BCUT2D eigenvalue weighted by Crippen LogP contribution is -2.42. The Kier molecular flexibility index (Phi) is 12.3. The lowest BCUT2D eigenvalue weighted by molar-refractivity contribution is 0.181. The van der Waals surface area contributed by atoms with Gasteiger partial charge >= 0.3 is 8.56 Å². The van der Waals surface area contributed by atoms with Crippen molar-refractivity contribution in [1.82, 2.24) is 0 Å². The van der Waals surface area contributed by atoms with Crippen molar-refractivity contribution in [3.8, 4) is 0 Å². The molecule has 0 unspecified atom stereocenters. The van der Waals surface area contributed by atoms with Crippen LogP contribution in [0.4, 0.5) is 0 Å². The van der Waals surface area contributed by atoms with Crippen LogP contribution in [0.5, 0.6) is 0 Å². The molecule has 0 aromatic carbocycles. The molecule has 0 amide bonds. The van der Waals surface area contributed by atoms with E-state index in [1.54, 1.807) is 0 Å². The summed E-state index contributed by atoms with van der Waals surface area (Å²) < 4.78 is 12.1. The van der Waals surface area contributed by atoms with E-state index in [2.05, 4.69) is 27.7 Å². The molecule has 0 aliphatic carbocycles. The summed E-state index contributed by atoms with van der Waals surface area (Å²) in [5.74, 6) is 0. The highest BCUT2D eigenvalue weighted by molar-refractivity contribution is 6.67. The predicted octanol–water partition coefficient (Wildman–Crippen LogP) is 5.27. The minimum Gasteiger partial charge on any atom is -0.394 e. The second-order valence-corrected chi connectivity index (χ2v) is 8.44. The Hall–Kier alpha value is 0.137. The zero-order chi connectivity index (χ0) is 13.7. The van der Waals surface area contributed by atoms with Crippen LogP contribution in [0.1, 0.15) is 72.6 Å². The van der Waals surface area contributed by atoms with Gasteiger partial charge in [0.05, 0.1) is 0 Å². The van der Waals surface area contributed by atoms with Gasteiger partial charge < -0.3 is 8.85 Å². The maximum Gasteiger partial charge on any atom is 0.338 e. The Balaban J connectivity index is 3.97. The number of rotatable bonds is 13. The normalized spacial score (nSPS) is 12.0. The van der Waals surface area contributed by atoms with Gasteiger partial charge in [-0.3, -0.25) is 0 Å². The lowest BCUT2D eigenvalue weighted by atomic mass is 10.1. The van der Waals surface area contributed by atoms with Crippen LogP contribution in [0.2, 0.25) is 12.1 Å². The average Bonchev–Trinajstić information content (AvgIpc) is 2.35. The van der Waals surface area contributed by atoms with Gasteiger partial charge in [0, 0.05) is 13.2 Å². The minimum atomic E-state index is -1.86. The van der Waals surface area contributed by atoms with Crippen LogP contribution >= 0.6 is 0 Å². The van der Waals surface area contributed by atoms with Gasteiger partial charge in [0.1, 0.15) is 0 Å². The first-order valence-electron chi connectivity index (χ1n) is 8.02. The highest BCUT2D eigenvalue weighted by atomic mass is 28.4. The van der Waals surface area contributed by atoms with E-state index in [-0.39, 0.29) is 0 Å². The van der Waals surface area contributed by atoms with Crippen molar-refractivity contribution in [3.63, 3.8) is 0 Å². The van der Waals surface area contributed by atoms with E-state index in [1.807, 2.05) is 0 Å². The summed E-state index contributed by atoms with van der Waals surface area (Å²) in [4.78, 5) is 0. The summed E-state index contributed by atoms with van der Waals surface area (Å²) in [6.07, 6.45) is 9.29. The van der Waals surface area contributed by atoms with Crippen LogP contribution in [-0.2, 0) is 8.85 Å². The van der Waals surface area contributed by atoms with Crippen LogP contribution in [0.15, 0.2) is 0 Å². The van der Waals surface area contributed by atoms with E-state index < -0.39 is 8.56 Å². The van der Waals surface area contributed by atoms with Crippen LogP contribution in [0.25, 0.3) is 0 Å². The predicted molar refractivity (Wildman–Crippen MR) is 82.3 cm³/mol. The highest BCUT2D eigenvalue weighted by Gasteiger charge is 2.35. The van der Waals surface area contributed by atoms with Crippen molar-refractivity contribution in [2.45, 2.75) is 84.7 Å². The molecular weight excluding hydrogens is 240 g/mol. The van der Waals surface area contributed by atoms with E-state index in [0.717, 1.165) is 19.3 Å². The highest BCUT2D eigenvalue weighted by Crippen LogP contribution is 2.24. The fourth-order valence-electron chi connectivity index (χ4n) is 2.54. The monoisotopic (exact) mass is 274 g/mol. The second-order valence-electron chi connectivity index (χ2n) is 5.04. The third-order valence-electron chi connectivity index (χ3n) is 3.36. The topological polar surface area (TPSA) is 18.5 Å². The first-order chi connectivity index (χ1) is 8.74. The fourth-order valence-corrected chi connectivity index (χ4v) is 6.05. The summed E-state index contributed by atoms with van der Waals surface area (Å²) in [6, 6.07) is 2.35. The molecule has 0 N–H and O–H groups in total. The lowest BCUT2D eigenvalue weighted by Gasteiger charge is -2.29. The zero-order valence-corrected chi connectivity index (χ0v) is 14.1. The van der Waals surface area contributed by atoms with Gasteiger partial charge in [-0.2, -0.15) is 0 Å². The summed E-state index contributed by atoms with van der Waals surface area (Å²) in [5.41, 5.74) is 0. The van der Waals surface area contributed by atoms with E-state index >= 15 is 0 Å². The molecule has 0 radical (unpaired) electrons. The summed E-state index contributed by atoms with van der Waals surface area (Å²) >= 11 is 0. The maximum absolute atomic E-state index is 6.05. The Morgan fingerprint density at radius 1 is 0.611 bits per heavy atom. The van der Waals surface area contributed by atoms with Crippen LogP contribution in [0, 0.1) is 0 Å². The molecule has 0 heterocycles. The van der Waals surface area contributed by atoms with E-state index in [4.69, 9.17) is 8.85 Å². The molecule has 0 fully saturated rings. The molecule has 18 heavy (non-hydrogen) atoms. The molecule has 2 nitrogen and oxygen atoms in total. The van der Waals surface area contributed by atoms with Crippen molar-refractivity contribution in [2.24, 2.45) is 0 Å². The maximum atomic E-state index is 6.05. The van der Waals surface area contributed by atoms with Crippen molar-refractivity contribution in [3.05, 3.63) is 0 Å². The third kappa shape index (κ3) is 8.28. The van der Waals surface area contributed by atoms with Gasteiger partial charge in [0.25, 0.3) is 0 Å². The molecule has 0 spiro atoms. The first-order valence-corrected chi connectivity index (χ1v) is 10.3. The van der Waals surface area contributed by atoms with Gasteiger partial charge in [-0.05, 0) is 25.9 Å². The van der Waals surface area contributed by atoms with Gasteiger partial charge in [0.2, 0.25) is 0 Å². The third-order valence-corrected chi connectivity index (χ3v) is 7.36. The Bertz CT molecular complexity index is 157. The molecule has 0 saturated carbocycles. The van der Waals surface area contributed by atoms with E-state index in [0.29, 0.717) is 0 Å². The van der Waals surface area contributed by atoms with Crippen LogP contribution in [-0.4, -0.2) is 21.8 Å². The molecular formula is C15H34O2Si. The smallest absolute Gasteiger partial charge is 0.338 e. The average molecular weight is 275 g/mol.